The quantitative estimate of drug-likeness (QED) is 0.668. The summed E-state index contributed by atoms with van der Waals surface area (Å²) in [6, 6.07) is 0. The van der Waals surface area contributed by atoms with Crippen LogP contribution < -0.4 is 0 Å². The number of nitrogens with zero attached hydrogens (tertiary/aromatic N) is 1. The maximum absolute atomic E-state index is 9.99. The summed E-state index contributed by atoms with van der Waals surface area (Å²) < 4.78 is 0. The molecule has 0 radical (unpaired) electrons. The van der Waals surface area contributed by atoms with Crippen molar-refractivity contribution in [2.24, 2.45) is 5.41 Å². The van der Waals surface area contributed by atoms with Gasteiger partial charge in [-0.25, -0.2) is 0 Å². The van der Waals surface area contributed by atoms with E-state index in [1.54, 1.807) is 0 Å². The zero-order valence-corrected chi connectivity index (χ0v) is 8.84. The number of hydrogen-bond donors (Lipinski definition) is 1. The molecule has 0 amide bonds. The fraction of sp³-hybridized carbons (Fsp3) is 1.00. The van der Waals surface area contributed by atoms with Crippen LogP contribution in [-0.2, 0) is 0 Å². The molecule has 1 saturated carbocycles. The van der Waals surface area contributed by atoms with Crippen LogP contribution in [0.1, 0.15) is 39.0 Å². The van der Waals surface area contributed by atoms with Crippen molar-refractivity contribution in [3.05, 3.63) is 0 Å². The minimum atomic E-state index is -0.296. The molecule has 1 aliphatic heterocycles. The zero-order valence-electron chi connectivity index (χ0n) is 8.84. The molecule has 0 bridgehead atoms. The van der Waals surface area contributed by atoms with Crippen LogP contribution in [0.5, 0.6) is 0 Å². The SMILES string of the molecule is CCC1(O)CC2(CCN(C)CC2)C1. The maximum atomic E-state index is 9.99. The molecule has 1 aliphatic carbocycles. The van der Waals surface area contributed by atoms with Crippen LogP contribution in [0.3, 0.4) is 0 Å². The van der Waals surface area contributed by atoms with Crippen molar-refractivity contribution in [1.82, 2.24) is 4.90 Å². The van der Waals surface area contributed by atoms with Gasteiger partial charge in [-0.15, -0.1) is 0 Å². The van der Waals surface area contributed by atoms with Crippen LogP contribution in [0.4, 0.5) is 0 Å². The molecular formula is C11H21NO. The summed E-state index contributed by atoms with van der Waals surface area (Å²) in [5, 5.41) is 9.99. The van der Waals surface area contributed by atoms with E-state index in [1.165, 1.54) is 25.9 Å². The van der Waals surface area contributed by atoms with Gasteiger partial charge >= 0.3 is 0 Å². The minimum absolute atomic E-state index is 0.296. The molecule has 76 valence electrons. The molecule has 2 rings (SSSR count). The largest absolute Gasteiger partial charge is 0.390 e. The van der Waals surface area contributed by atoms with Gasteiger partial charge < -0.3 is 10.0 Å². The van der Waals surface area contributed by atoms with Crippen molar-refractivity contribution < 1.29 is 5.11 Å². The summed E-state index contributed by atoms with van der Waals surface area (Å²) in [6.45, 7) is 4.54. The fourth-order valence-electron chi connectivity index (χ4n) is 3.04. The van der Waals surface area contributed by atoms with E-state index in [2.05, 4.69) is 18.9 Å². The first-order valence-corrected chi connectivity index (χ1v) is 5.49. The van der Waals surface area contributed by atoms with E-state index in [0.29, 0.717) is 5.41 Å². The average Bonchev–Trinajstić information content (AvgIpc) is 2.07. The predicted molar refractivity (Wildman–Crippen MR) is 53.6 cm³/mol. The van der Waals surface area contributed by atoms with Gasteiger partial charge in [-0.2, -0.15) is 0 Å². The lowest BCUT2D eigenvalue weighted by molar-refractivity contribution is -0.149. The molecule has 1 spiro atoms. The molecule has 1 N–H and O–H groups in total. The molecule has 0 aromatic carbocycles. The highest BCUT2D eigenvalue weighted by Crippen LogP contribution is 2.55. The standard InChI is InChI=1S/C11H21NO/c1-3-11(13)8-10(9-11)4-6-12(2)7-5-10/h13H,3-9H2,1-2H3. The lowest BCUT2D eigenvalue weighted by atomic mass is 9.54. The molecule has 0 aromatic rings. The van der Waals surface area contributed by atoms with E-state index in [9.17, 15) is 5.11 Å². The monoisotopic (exact) mass is 183 g/mol. The molecule has 0 atom stereocenters. The summed E-state index contributed by atoms with van der Waals surface area (Å²) in [4.78, 5) is 2.40. The van der Waals surface area contributed by atoms with E-state index in [-0.39, 0.29) is 5.60 Å². The predicted octanol–water partition coefficient (Wildman–Crippen LogP) is 1.63. The Morgan fingerprint density at radius 1 is 1.23 bits per heavy atom. The highest BCUT2D eigenvalue weighted by atomic mass is 16.3. The Balaban J connectivity index is 1.90. The molecule has 2 fully saturated rings. The molecule has 0 aromatic heterocycles. The Morgan fingerprint density at radius 2 is 1.77 bits per heavy atom. The van der Waals surface area contributed by atoms with Crippen LogP contribution in [0.25, 0.3) is 0 Å². The van der Waals surface area contributed by atoms with Crippen molar-refractivity contribution in [3.8, 4) is 0 Å². The van der Waals surface area contributed by atoms with Gasteiger partial charge in [0.2, 0.25) is 0 Å². The van der Waals surface area contributed by atoms with Crippen LogP contribution >= 0.6 is 0 Å². The van der Waals surface area contributed by atoms with Gasteiger partial charge in [0.05, 0.1) is 5.60 Å². The Bertz CT molecular complexity index is 186. The van der Waals surface area contributed by atoms with Gasteiger partial charge in [0, 0.05) is 0 Å². The van der Waals surface area contributed by atoms with Crippen molar-refractivity contribution in [2.75, 3.05) is 20.1 Å². The van der Waals surface area contributed by atoms with Gasteiger partial charge in [0.1, 0.15) is 0 Å². The van der Waals surface area contributed by atoms with Gasteiger partial charge in [-0.1, -0.05) is 6.92 Å². The molecule has 2 nitrogen and oxygen atoms in total. The van der Waals surface area contributed by atoms with E-state index in [0.717, 1.165) is 19.3 Å². The molecule has 0 unspecified atom stereocenters. The number of hydrogen-bond acceptors (Lipinski definition) is 2. The lowest BCUT2D eigenvalue weighted by Crippen LogP contribution is -2.55. The van der Waals surface area contributed by atoms with Gasteiger partial charge in [-0.05, 0) is 57.7 Å². The summed E-state index contributed by atoms with van der Waals surface area (Å²) in [7, 11) is 2.19. The first-order chi connectivity index (χ1) is 6.08. The molecule has 2 aliphatic rings. The van der Waals surface area contributed by atoms with Crippen LogP contribution in [0, 0.1) is 5.41 Å². The van der Waals surface area contributed by atoms with Crippen molar-refractivity contribution >= 4 is 0 Å². The fourth-order valence-corrected chi connectivity index (χ4v) is 3.04. The number of likely N-dealkylation sites (tertiary alicyclic amines) is 1. The topological polar surface area (TPSA) is 23.5 Å². The second-order valence-electron chi connectivity index (χ2n) is 5.23. The Morgan fingerprint density at radius 3 is 2.23 bits per heavy atom. The molecule has 1 heterocycles. The number of piperidine rings is 1. The second-order valence-corrected chi connectivity index (χ2v) is 5.23. The smallest absolute Gasteiger partial charge is 0.0655 e. The summed E-state index contributed by atoms with van der Waals surface area (Å²) in [5.74, 6) is 0. The second kappa shape index (κ2) is 2.96. The molecule has 13 heavy (non-hydrogen) atoms. The molecule has 2 heteroatoms. The summed E-state index contributed by atoms with van der Waals surface area (Å²) in [5.41, 5.74) is 0.229. The molecule has 1 saturated heterocycles. The number of rotatable bonds is 1. The zero-order chi connectivity index (χ0) is 9.53. The van der Waals surface area contributed by atoms with Crippen LogP contribution in [-0.4, -0.2) is 35.7 Å². The Kier molecular flexibility index (Phi) is 2.16. The third-order valence-corrected chi connectivity index (χ3v) is 4.11. The number of aliphatic hydroxyl groups is 1. The van der Waals surface area contributed by atoms with Crippen molar-refractivity contribution in [1.29, 1.82) is 0 Å². The van der Waals surface area contributed by atoms with E-state index in [1.807, 2.05) is 0 Å². The highest BCUT2D eigenvalue weighted by Gasteiger charge is 2.52. The van der Waals surface area contributed by atoms with Gasteiger partial charge in [-0.3, -0.25) is 0 Å². The maximum Gasteiger partial charge on any atom is 0.0655 e. The highest BCUT2D eigenvalue weighted by molar-refractivity contribution is 5.05. The average molecular weight is 183 g/mol. The summed E-state index contributed by atoms with van der Waals surface area (Å²) in [6.07, 6.45) is 5.65. The minimum Gasteiger partial charge on any atom is -0.390 e. The normalized spacial score (nSPS) is 31.6. The lowest BCUT2D eigenvalue weighted by Gasteiger charge is -2.56. The van der Waals surface area contributed by atoms with Crippen molar-refractivity contribution in [2.45, 2.75) is 44.6 Å². The van der Waals surface area contributed by atoms with Crippen LogP contribution in [0.2, 0.25) is 0 Å². The summed E-state index contributed by atoms with van der Waals surface area (Å²) >= 11 is 0. The van der Waals surface area contributed by atoms with Crippen molar-refractivity contribution in [3.63, 3.8) is 0 Å². The third-order valence-electron chi connectivity index (χ3n) is 4.11. The van der Waals surface area contributed by atoms with Crippen LogP contribution in [0.15, 0.2) is 0 Å². The van der Waals surface area contributed by atoms with E-state index in [4.69, 9.17) is 0 Å². The first kappa shape index (κ1) is 9.47. The third kappa shape index (κ3) is 1.62. The Hall–Kier alpha value is -0.0800. The van der Waals surface area contributed by atoms with Gasteiger partial charge in [0.25, 0.3) is 0 Å². The first-order valence-electron chi connectivity index (χ1n) is 5.49. The van der Waals surface area contributed by atoms with E-state index < -0.39 is 0 Å². The van der Waals surface area contributed by atoms with Gasteiger partial charge in [0.15, 0.2) is 0 Å². The molecular weight excluding hydrogens is 162 g/mol. The Labute approximate surface area is 80.9 Å². The van der Waals surface area contributed by atoms with E-state index >= 15 is 0 Å².